The monoisotopic (exact) mass is 670 g/mol. The molecule has 0 fully saturated rings. The summed E-state index contributed by atoms with van der Waals surface area (Å²) in [5.41, 5.74) is 0.780. The minimum absolute atomic E-state index is 0.198. The van der Waals surface area contributed by atoms with E-state index in [9.17, 15) is 4.79 Å². The average Bonchev–Trinajstić information content (AvgIpc) is 3.17. The Morgan fingerprint density at radius 3 is 1.50 bits per heavy atom. The van der Waals surface area contributed by atoms with E-state index in [4.69, 9.17) is 14.7 Å². The van der Waals surface area contributed by atoms with Gasteiger partial charge in [0.1, 0.15) is 5.75 Å². The minimum Gasteiger partial charge on any atom is -0.511 e. The van der Waals surface area contributed by atoms with Crippen molar-refractivity contribution in [1.29, 1.82) is 0 Å². The van der Waals surface area contributed by atoms with E-state index < -0.39 is 14.6 Å². The molecule has 0 aromatic heterocycles. The van der Waals surface area contributed by atoms with Gasteiger partial charge in [-0.3, -0.25) is 0 Å². The average molecular weight is 671 g/mol. The largest absolute Gasteiger partial charge is 0.707 e. The summed E-state index contributed by atoms with van der Waals surface area (Å²) < 4.78 is 5.16. The summed E-state index contributed by atoms with van der Waals surface area (Å²) in [5, 5.41) is 28.4. The molecule has 0 aliphatic rings. The molecule has 50 heavy (non-hydrogen) atoms. The Hall–Kier alpha value is -5.58. The maximum atomic E-state index is 13.4. The van der Waals surface area contributed by atoms with E-state index in [0.717, 1.165) is 32.5 Å². The SMILES string of the molecule is O=C(C[PH](c1ccccc1)(c1ccccc1)c1ccccc1)c1ccccc1.OB(O)Oc1cccc2ccc3cc4ccccc4cc3c12. The number of hydrogen-bond acceptors (Lipinski definition) is 4. The molecule has 0 saturated heterocycles. The Morgan fingerprint density at radius 2 is 0.960 bits per heavy atom. The van der Waals surface area contributed by atoms with Crippen LogP contribution in [-0.4, -0.2) is 29.3 Å². The Kier molecular flexibility index (Phi) is 9.82. The van der Waals surface area contributed by atoms with Gasteiger partial charge in [0.2, 0.25) is 0 Å². The fourth-order valence-corrected chi connectivity index (χ4v) is 11.5. The zero-order chi connectivity index (χ0) is 34.3. The van der Waals surface area contributed by atoms with Crippen LogP contribution in [0, 0.1) is 0 Å². The molecular weight excluding hydrogens is 634 g/mol. The Bertz CT molecular complexity index is 2270. The number of rotatable bonds is 8. The van der Waals surface area contributed by atoms with Crippen molar-refractivity contribution in [2.45, 2.75) is 0 Å². The van der Waals surface area contributed by atoms with Crippen LogP contribution in [0.15, 0.2) is 188 Å². The quantitative estimate of drug-likeness (QED) is 0.0564. The predicted molar refractivity (Wildman–Crippen MR) is 212 cm³/mol. The van der Waals surface area contributed by atoms with Crippen molar-refractivity contribution in [3.63, 3.8) is 0 Å². The molecule has 0 amide bonds. The third-order valence-corrected chi connectivity index (χ3v) is 14.0. The predicted octanol–water partition coefficient (Wildman–Crippen LogP) is 8.09. The fraction of sp³-hybridized carbons (Fsp3) is 0.0227. The molecule has 0 atom stereocenters. The molecule has 0 aliphatic heterocycles. The molecule has 8 aromatic carbocycles. The van der Waals surface area contributed by atoms with Crippen LogP contribution in [0.5, 0.6) is 5.75 Å². The van der Waals surface area contributed by atoms with E-state index >= 15 is 0 Å². The smallest absolute Gasteiger partial charge is 0.511 e. The Morgan fingerprint density at radius 1 is 0.500 bits per heavy atom. The first kappa shape index (κ1) is 32.9. The van der Waals surface area contributed by atoms with Crippen molar-refractivity contribution in [1.82, 2.24) is 0 Å². The summed E-state index contributed by atoms with van der Waals surface area (Å²) in [7, 11) is -4.35. The Balaban J connectivity index is 0.000000161. The van der Waals surface area contributed by atoms with Gasteiger partial charge in [0.15, 0.2) is 0 Å². The van der Waals surface area contributed by atoms with Crippen LogP contribution in [0.1, 0.15) is 10.4 Å². The first-order valence-corrected chi connectivity index (χ1v) is 18.9. The minimum atomic E-state index is -2.52. The van der Waals surface area contributed by atoms with Gasteiger partial charge >= 0.3 is 174 Å². The van der Waals surface area contributed by atoms with Crippen LogP contribution in [-0.2, 0) is 0 Å². The second-order valence-corrected chi connectivity index (χ2v) is 16.2. The molecule has 244 valence electrons. The normalized spacial score (nSPS) is 11.5. The molecule has 0 saturated carbocycles. The topological polar surface area (TPSA) is 66.8 Å². The molecule has 0 radical (unpaired) electrons. The summed E-state index contributed by atoms with van der Waals surface area (Å²) in [6.07, 6.45) is 0.509. The van der Waals surface area contributed by atoms with Gasteiger partial charge in [0.05, 0.1) is 0 Å². The summed E-state index contributed by atoms with van der Waals surface area (Å²) >= 11 is 0. The van der Waals surface area contributed by atoms with Crippen LogP contribution < -0.4 is 20.6 Å². The number of ketones is 1. The standard InChI is InChI=1S/C26H23OP.C18H13BO3/c27-26(22-13-5-1-6-14-22)21-28(23-15-7-2-8-16-23,24-17-9-3-10-18-24)25-19-11-4-12-20-25;20-19(21)22-17-7-3-6-12-8-9-15-10-13-4-1-2-5-14(13)11-16(15)18(12)17/h1-20,28H,21H2;1-11,20-21H. The zero-order valence-electron chi connectivity index (χ0n) is 27.4. The van der Waals surface area contributed by atoms with Gasteiger partial charge in [-0.2, -0.15) is 0 Å². The van der Waals surface area contributed by atoms with E-state index in [1.807, 2.05) is 78.9 Å². The van der Waals surface area contributed by atoms with Crippen LogP contribution in [0.25, 0.3) is 32.3 Å². The van der Waals surface area contributed by atoms with Crippen molar-refractivity contribution in [3.05, 3.63) is 194 Å². The van der Waals surface area contributed by atoms with Gasteiger partial charge in [-0.15, -0.1) is 0 Å². The molecule has 4 nitrogen and oxygen atoms in total. The molecule has 6 heteroatoms. The maximum absolute atomic E-state index is 13.4. The summed E-state index contributed by atoms with van der Waals surface area (Å²) in [6.45, 7) is 0. The molecule has 0 bridgehead atoms. The molecule has 2 N–H and O–H groups in total. The van der Waals surface area contributed by atoms with Gasteiger partial charge in [0, 0.05) is 5.39 Å². The molecule has 8 rings (SSSR count). The van der Waals surface area contributed by atoms with E-state index in [-0.39, 0.29) is 5.78 Å². The number of benzene rings is 8. The van der Waals surface area contributed by atoms with Gasteiger partial charge in [-0.25, -0.2) is 0 Å². The van der Waals surface area contributed by atoms with Crippen molar-refractivity contribution in [2.75, 3.05) is 6.16 Å². The molecule has 8 aromatic rings. The number of Topliss-reactive ketones (excluding diaryl/α,β-unsaturated/α-hetero) is 1. The molecule has 0 heterocycles. The van der Waals surface area contributed by atoms with E-state index in [1.165, 1.54) is 21.3 Å². The number of carbonyl (C=O) groups is 1. The molecule has 0 aliphatic carbocycles. The fourth-order valence-electron chi connectivity index (χ4n) is 6.92. The van der Waals surface area contributed by atoms with Crippen LogP contribution in [0.3, 0.4) is 0 Å². The second-order valence-electron chi connectivity index (χ2n) is 12.3. The van der Waals surface area contributed by atoms with E-state index in [0.29, 0.717) is 11.9 Å². The first-order chi connectivity index (χ1) is 24.5. The van der Waals surface area contributed by atoms with Crippen molar-refractivity contribution in [3.8, 4) is 5.75 Å². The van der Waals surface area contributed by atoms with Crippen LogP contribution in [0.4, 0.5) is 0 Å². The van der Waals surface area contributed by atoms with Gasteiger partial charge in [-0.05, 0) is 45.1 Å². The molecule has 0 spiro atoms. The second kappa shape index (κ2) is 14.9. The summed E-state index contributed by atoms with van der Waals surface area (Å²) in [4.78, 5) is 13.4. The number of fused-ring (bicyclic) bond motifs is 4. The van der Waals surface area contributed by atoms with E-state index in [2.05, 4.69) is 103 Å². The number of hydrogen-bond donors (Lipinski definition) is 2. The molecule has 0 unspecified atom stereocenters. The van der Waals surface area contributed by atoms with Gasteiger partial charge in [-0.1, -0.05) is 48.5 Å². The maximum Gasteiger partial charge on any atom is 0.707 e. The molecular formula is C44H36BO4P. The first-order valence-electron chi connectivity index (χ1n) is 16.6. The van der Waals surface area contributed by atoms with Crippen molar-refractivity contribution >= 4 is 68.6 Å². The Labute approximate surface area is 292 Å². The zero-order valence-corrected chi connectivity index (χ0v) is 28.4. The van der Waals surface area contributed by atoms with E-state index in [1.54, 1.807) is 6.07 Å². The van der Waals surface area contributed by atoms with Crippen molar-refractivity contribution in [2.24, 2.45) is 0 Å². The third-order valence-electron chi connectivity index (χ3n) is 9.24. The van der Waals surface area contributed by atoms with Gasteiger partial charge in [0.25, 0.3) is 0 Å². The van der Waals surface area contributed by atoms with Crippen molar-refractivity contribution < 1.29 is 19.5 Å². The van der Waals surface area contributed by atoms with Gasteiger partial charge < -0.3 is 14.7 Å². The summed E-state index contributed by atoms with van der Waals surface area (Å²) in [6, 6.07) is 63.5. The number of carbonyl (C=O) groups excluding carboxylic acids is 1. The van der Waals surface area contributed by atoms with Crippen LogP contribution in [0.2, 0.25) is 0 Å². The van der Waals surface area contributed by atoms with Crippen LogP contribution >= 0.6 is 7.26 Å². The third kappa shape index (κ3) is 6.81. The summed E-state index contributed by atoms with van der Waals surface area (Å²) in [5.74, 6) is 0.664.